The number of hydrogen-bond acceptors (Lipinski definition) is 3. The SMILES string of the molecule is COc1ccc2c(ccn2C)c1-c1cnn(C)c1N. The Labute approximate surface area is 111 Å². The van der Waals surface area contributed by atoms with Crippen molar-refractivity contribution < 1.29 is 4.74 Å². The summed E-state index contributed by atoms with van der Waals surface area (Å²) in [6.45, 7) is 0. The molecule has 0 aliphatic heterocycles. The average Bonchev–Trinajstić information content (AvgIpc) is 2.94. The summed E-state index contributed by atoms with van der Waals surface area (Å²) < 4.78 is 9.22. The lowest BCUT2D eigenvalue weighted by molar-refractivity contribution is 0.417. The monoisotopic (exact) mass is 256 g/mol. The summed E-state index contributed by atoms with van der Waals surface area (Å²) in [4.78, 5) is 0. The van der Waals surface area contributed by atoms with Gasteiger partial charge in [-0.05, 0) is 18.2 Å². The summed E-state index contributed by atoms with van der Waals surface area (Å²) in [5, 5.41) is 5.32. The molecule has 0 unspecified atom stereocenters. The summed E-state index contributed by atoms with van der Waals surface area (Å²) >= 11 is 0. The van der Waals surface area contributed by atoms with Gasteiger partial charge in [-0.1, -0.05) is 0 Å². The lowest BCUT2D eigenvalue weighted by Gasteiger charge is -2.10. The Bertz CT molecular complexity index is 754. The van der Waals surface area contributed by atoms with Gasteiger partial charge in [0.05, 0.1) is 13.3 Å². The molecular formula is C14H16N4O. The van der Waals surface area contributed by atoms with Gasteiger partial charge in [-0.2, -0.15) is 5.10 Å². The zero-order chi connectivity index (χ0) is 13.6. The fraction of sp³-hybridized carbons (Fsp3) is 0.214. The van der Waals surface area contributed by atoms with Gasteiger partial charge in [0.1, 0.15) is 11.6 Å². The third kappa shape index (κ3) is 1.58. The van der Waals surface area contributed by atoms with E-state index in [0.29, 0.717) is 5.82 Å². The van der Waals surface area contributed by atoms with Crippen molar-refractivity contribution in [3.8, 4) is 16.9 Å². The van der Waals surface area contributed by atoms with Crippen molar-refractivity contribution in [3.63, 3.8) is 0 Å². The first kappa shape index (κ1) is 11.6. The fourth-order valence-corrected chi connectivity index (χ4v) is 2.42. The number of rotatable bonds is 2. The molecule has 19 heavy (non-hydrogen) atoms. The first-order valence-corrected chi connectivity index (χ1v) is 6.03. The Kier molecular flexibility index (Phi) is 2.48. The molecule has 3 rings (SSSR count). The molecule has 98 valence electrons. The maximum atomic E-state index is 6.09. The smallest absolute Gasteiger partial charge is 0.129 e. The molecule has 0 saturated heterocycles. The largest absolute Gasteiger partial charge is 0.496 e. The Morgan fingerprint density at radius 1 is 1.21 bits per heavy atom. The Hall–Kier alpha value is -2.43. The van der Waals surface area contributed by atoms with Crippen molar-refractivity contribution in [1.82, 2.24) is 14.3 Å². The van der Waals surface area contributed by atoms with E-state index >= 15 is 0 Å². The first-order chi connectivity index (χ1) is 9.13. The topological polar surface area (TPSA) is 58.0 Å². The highest BCUT2D eigenvalue weighted by molar-refractivity contribution is 6.00. The molecule has 2 heterocycles. The van der Waals surface area contributed by atoms with Gasteiger partial charge in [-0.15, -0.1) is 0 Å². The molecule has 3 aromatic rings. The summed E-state index contributed by atoms with van der Waals surface area (Å²) in [5.41, 5.74) is 9.12. The van der Waals surface area contributed by atoms with Crippen LogP contribution >= 0.6 is 0 Å². The molecule has 0 amide bonds. The second kappa shape index (κ2) is 4.05. The van der Waals surface area contributed by atoms with E-state index < -0.39 is 0 Å². The molecule has 2 N–H and O–H groups in total. The summed E-state index contributed by atoms with van der Waals surface area (Å²) in [5.74, 6) is 1.44. The highest BCUT2D eigenvalue weighted by Crippen LogP contribution is 2.39. The van der Waals surface area contributed by atoms with Gasteiger partial charge in [0.15, 0.2) is 0 Å². The number of benzene rings is 1. The van der Waals surface area contributed by atoms with Crippen LogP contribution in [0.4, 0.5) is 5.82 Å². The van der Waals surface area contributed by atoms with E-state index in [1.54, 1.807) is 18.0 Å². The third-order valence-electron chi connectivity index (χ3n) is 3.50. The van der Waals surface area contributed by atoms with Crippen LogP contribution in [-0.4, -0.2) is 21.5 Å². The van der Waals surface area contributed by atoms with Crippen molar-refractivity contribution >= 4 is 16.7 Å². The number of anilines is 1. The van der Waals surface area contributed by atoms with Crippen molar-refractivity contribution in [3.05, 3.63) is 30.6 Å². The number of nitrogens with two attached hydrogens (primary N) is 1. The van der Waals surface area contributed by atoms with E-state index in [1.165, 1.54) is 0 Å². The zero-order valence-corrected chi connectivity index (χ0v) is 11.2. The Morgan fingerprint density at radius 3 is 2.63 bits per heavy atom. The maximum absolute atomic E-state index is 6.09. The van der Waals surface area contributed by atoms with E-state index in [4.69, 9.17) is 10.5 Å². The molecule has 0 atom stereocenters. The second-order valence-corrected chi connectivity index (χ2v) is 4.57. The molecule has 0 aliphatic rings. The van der Waals surface area contributed by atoms with E-state index in [0.717, 1.165) is 27.8 Å². The predicted octanol–water partition coefficient (Wildman–Crippen LogP) is 2.17. The van der Waals surface area contributed by atoms with Crippen LogP contribution in [0.2, 0.25) is 0 Å². The predicted molar refractivity (Wildman–Crippen MR) is 76.1 cm³/mol. The molecule has 0 saturated carbocycles. The molecule has 5 nitrogen and oxygen atoms in total. The second-order valence-electron chi connectivity index (χ2n) is 4.57. The zero-order valence-electron chi connectivity index (χ0n) is 11.2. The number of aromatic nitrogens is 3. The van der Waals surface area contributed by atoms with Crippen molar-refractivity contribution in [2.75, 3.05) is 12.8 Å². The van der Waals surface area contributed by atoms with Crippen LogP contribution in [0.1, 0.15) is 0 Å². The van der Waals surface area contributed by atoms with Crippen LogP contribution in [-0.2, 0) is 14.1 Å². The van der Waals surface area contributed by atoms with Gasteiger partial charge >= 0.3 is 0 Å². The van der Waals surface area contributed by atoms with Gasteiger partial charge in [0, 0.05) is 42.3 Å². The summed E-state index contributed by atoms with van der Waals surface area (Å²) in [7, 11) is 5.52. The number of aryl methyl sites for hydroxylation is 2. The molecule has 0 bridgehead atoms. The van der Waals surface area contributed by atoms with Crippen LogP contribution < -0.4 is 10.5 Å². The molecule has 2 aromatic heterocycles. The minimum atomic E-state index is 0.634. The van der Waals surface area contributed by atoms with Crippen molar-refractivity contribution in [2.45, 2.75) is 0 Å². The van der Waals surface area contributed by atoms with E-state index in [-0.39, 0.29) is 0 Å². The number of ether oxygens (including phenoxy) is 1. The highest BCUT2D eigenvalue weighted by atomic mass is 16.5. The fourth-order valence-electron chi connectivity index (χ4n) is 2.42. The van der Waals surface area contributed by atoms with Crippen LogP contribution in [0.3, 0.4) is 0 Å². The number of hydrogen-bond donors (Lipinski definition) is 1. The molecule has 0 aliphatic carbocycles. The van der Waals surface area contributed by atoms with Gasteiger partial charge < -0.3 is 15.0 Å². The Balaban J connectivity index is 2.40. The van der Waals surface area contributed by atoms with E-state index in [1.807, 2.05) is 32.4 Å². The number of nitrogens with zero attached hydrogens (tertiary/aromatic N) is 3. The molecular weight excluding hydrogens is 240 g/mol. The van der Waals surface area contributed by atoms with E-state index in [9.17, 15) is 0 Å². The molecule has 0 radical (unpaired) electrons. The molecule has 5 heteroatoms. The Morgan fingerprint density at radius 2 is 2.00 bits per heavy atom. The first-order valence-electron chi connectivity index (χ1n) is 6.03. The van der Waals surface area contributed by atoms with Crippen molar-refractivity contribution in [2.24, 2.45) is 14.1 Å². The standard InChI is InChI=1S/C14H16N4O/c1-17-7-6-9-11(17)4-5-12(19-3)13(9)10-8-16-18(2)14(10)15/h4-8H,15H2,1-3H3. The normalized spacial score (nSPS) is 11.1. The average molecular weight is 256 g/mol. The number of fused-ring (bicyclic) bond motifs is 1. The van der Waals surface area contributed by atoms with Crippen molar-refractivity contribution in [1.29, 1.82) is 0 Å². The summed E-state index contributed by atoms with van der Waals surface area (Å²) in [6, 6.07) is 6.08. The molecule has 0 spiro atoms. The maximum Gasteiger partial charge on any atom is 0.129 e. The van der Waals surface area contributed by atoms with Gasteiger partial charge in [-0.25, -0.2) is 0 Å². The molecule has 1 aromatic carbocycles. The van der Waals surface area contributed by atoms with Crippen LogP contribution in [0, 0.1) is 0 Å². The molecule has 0 fully saturated rings. The lowest BCUT2D eigenvalue weighted by atomic mass is 10.0. The number of nitrogen functional groups attached to an aromatic ring is 1. The quantitative estimate of drug-likeness (QED) is 0.764. The van der Waals surface area contributed by atoms with Gasteiger partial charge in [0.2, 0.25) is 0 Å². The van der Waals surface area contributed by atoms with Crippen LogP contribution in [0.25, 0.3) is 22.0 Å². The van der Waals surface area contributed by atoms with Crippen LogP contribution in [0.5, 0.6) is 5.75 Å². The highest BCUT2D eigenvalue weighted by Gasteiger charge is 2.17. The lowest BCUT2D eigenvalue weighted by Crippen LogP contribution is -1.99. The minimum Gasteiger partial charge on any atom is -0.496 e. The number of methoxy groups -OCH3 is 1. The van der Waals surface area contributed by atoms with Crippen LogP contribution in [0.15, 0.2) is 30.6 Å². The van der Waals surface area contributed by atoms with Gasteiger partial charge in [-0.3, -0.25) is 4.68 Å². The van der Waals surface area contributed by atoms with E-state index in [2.05, 4.69) is 15.7 Å². The summed E-state index contributed by atoms with van der Waals surface area (Å²) in [6.07, 6.45) is 3.81. The third-order valence-corrected chi connectivity index (χ3v) is 3.50. The van der Waals surface area contributed by atoms with Gasteiger partial charge in [0.25, 0.3) is 0 Å². The minimum absolute atomic E-state index is 0.634.